The van der Waals surface area contributed by atoms with Crippen LogP contribution in [0.5, 0.6) is 0 Å². The molecule has 0 unspecified atom stereocenters. The molecule has 4 aromatic rings. The summed E-state index contributed by atoms with van der Waals surface area (Å²) < 4.78 is 2.21. The Labute approximate surface area is 167 Å². The van der Waals surface area contributed by atoms with Gasteiger partial charge in [-0.25, -0.2) is 15.0 Å². The summed E-state index contributed by atoms with van der Waals surface area (Å²) in [5, 5.41) is 4.32. The predicted molar refractivity (Wildman–Crippen MR) is 111 cm³/mol. The van der Waals surface area contributed by atoms with Crippen LogP contribution in [0.15, 0.2) is 77.2 Å². The van der Waals surface area contributed by atoms with E-state index < -0.39 is 0 Å². The van der Waals surface area contributed by atoms with Gasteiger partial charge in [0.1, 0.15) is 10.9 Å². The highest BCUT2D eigenvalue weighted by molar-refractivity contribution is 7.99. The Morgan fingerprint density at radius 2 is 1.75 bits per heavy atom. The Balaban J connectivity index is 1.37. The second kappa shape index (κ2) is 7.13. The van der Waals surface area contributed by atoms with Gasteiger partial charge in [-0.1, -0.05) is 47.7 Å². The molecule has 28 heavy (non-hydrogen) atoms. The first-order chi connectivity index (χ1) is 13.7. The van der Waals surface area contributed by atoms with E-state index in [4.69, 9.17) is 0 Å². The molecule has 138 valence electrons. The Morgan fingerprint density at radius 3 is 2.64 bits per heavy atom. The monoisotopic (exact) mass is 385 g/mol. The number of anilines is 2. The van der Waals surface area contributed by atoms with Crippen LogP contribution in [0.4, 0.5) is 11.5 Å². The molecule has 2 aromatic heterocycles. The van der Waals surface area contributed by atoms with Crippen LogP contribution in [0.1, 0.15) is 22.5 Å². The van der Waals surface area contributed by atoms with Gasteiger partial charge in [0, 0.05) is 42.6 Å². The highest BCUT2D eigenvalue weighted by Crippen LogP contribution is 2.42. The van der Waals surface area contributed by atoms with Gasteiger partial charge in [-0.15, -0.1) is 0 Å². The third-order valence-electron chi connectivity index (χ3n) is 4.81. The van der Waals surface area contributed by atoms with E-state index >= 15 is 0 Å². The largest absolute Gasteiger partial charge is 0.337 e. The summed E-state index contributed by atoms with van der Waals surface area (Å²) in [6.07, 6.45) is 8.19. The number of fused-ring (bicyclic) bond motifs is 2. The van der Waals surface area contributed by atoms with E-state index in [1.54, 1.807) is 24.2 Å². The quantitative estimate of drug-likeness (QED) is 0.480. The van der Waals surface area contributed by atoms with E-state index in [0.717, 1.165) is 35.3 Å². The van der Waals surface area contributed by atoms with Gasteiger partial charge in [-0.2, -0.15) is 0 Å². The Hall–Kier alpha value is -3.12. The van der Waals surface area contributed by atoms with Crippen molar-refractivity contribution in [2.24, 2.45) is 0 Å². The van der Waals surface area contributed by atoms with Crippen LogP contribution in [-0.2, 0) is 13.0 Å². The number of hydrogen-bond donors (Lipinski definition) is 1. The molecule has 0 amide bonds. The minimum absolute atomic E-state index is 0.786. The van der Waals surface area contributed by atoms with E-state index in [0.29, 0.717) is 0 Å². The van der Waals surface area contributed by atoms with Crippen LogP contribution < -0.4 is 5.32 Å². The molecule has 0 bridgehead atoms. The SMILES string of the molecule is Cc1ccc(Cc2nccn2Cc2ccc3c(c2)Nc2nccnc2S3)cc1. The minimum atomic E-state index is 0.786. The van der Waals surface area contributed by atoms with E-state index in [1.807, 2.05) is 12.4 Å². The van der Waals surface area contributed by atoms with Gasteiger partial charge in [0.05, 0.1) is 5.69 Å². The third kappa shape index (κ3) is 3.39. The first kappa shape index (κ1) is 17.0. The van der Waals surface area contributed by atoms with Crippen LogP contribution in [0.3, 0.4) is 0 Å². The van der Waals surface area contributed by atoms with Crippen molar-refractivity contribution in [2.45, 2.75) is 29.8 Å². The summed E-state index contributed by atoms with van der Waals surface area (Å²) in [5.41, 5.74) is 4.85. The lowest BCUT2D eigenvalue weighted by Crippen LogP contribution is -2.07. The summed E-state index contributed by atoms with van der Waals surface area (Å²) >= 11 is 1.65. The lowest BCUT2D eigenvalue weighted by Gasteiger charge is -2.19. The maximum atomic E-state index is 4.57. The average molecular weight is 385 g/mol. The fraction of sp³-hybridized carbons (Fsp3) is 0.136. The summed E-state index contributed by atoms with van der Waals surface area (Å²) in [6.45, 7) is 2.89. The zero-order valence-electron chi connectivity index (χ0n) is 15.5. The number of rotatable bonds is 4. The Bertz CT molecular complexity index is 1130. The van der Waals surface area contributed by atoms with Crippen molar-refractivity contribution >= 4 is 23.3 Å². The first-order valence-electron chi connectivity index (χ1n) is 9.19. The molecule has 5 nitrogen and oxygen atoms in total. The Kier molecular flexibility index (Phi) is 4.33. The minimum Gasteiger partial charge on any atom is -0.337 e. The van der Waals surface area contributed by atoms with E-state index in [-0.39, 0.29) is 0 Å². The molecule has 0 saturated heterocycles. The van der Waals surface area contributed by atoms with Gasteiger partial charge >= 0.3 is 0 Å². The molecule has 6 heteroatoms. The van der Waals surface area contributed by atoms with Crippen molar-refractivity contribution in [1.82, 2.24) is 19.5 Å². The van der Waals surface area contributed by atoms with Crippen molar-refractivity contribution in [3.63, 3.8) is 0 Å². The average Bonchev–Trinajstić information content (AvgIpc) is 3.14. The number of imidazole rings is 1. The molecule has 1 aliphatic rings. The maximum Gasteiger partial charge on any atom is 0.163 e. The number of nitrogens with one attached hydrogen (secondary N) is 1. The topological polar surface area (TPSA) is 55.6 Å². The van der Waals surface area contributed by atoms with Crippen molar-refractivity contribution in [1.29, 1.82) is 0 Å². The van der Waals surface area contributed by atoms with E-state index in [1.165, 1.54) is 21.6 Å². The maximum absolute atomic E-state index is 4.57. The number of aryl methyl sites for hydroxylation is 1. The van der Waals surface area contributed by atoms with Crippen LogP contribution in [0.2, 0.25) is 0 Å². The molecule has 1 aliphatic heterocycles. The number of aromatic nitrogens is 4. The summed E-state index contributed by atoms with van der Waals surface area (Å²) in [7, 11) is 0. The number of hydrogen-bond acceptors (Lipinski definition) is 5. The molecule has 3 heterocycles. The van der Waals surface area contributed by atoms with Gasteiger partial charge in [0.15, 0.2) is 5.82 Å². The molecule has 1 N–H and O–H groups in total. The van der Waals surface area contributed by atoms with Crippen molar-refractivity contribution in [3.05, 3.63) is 89.8 Å². The van der Waals surface area contributed by atoms with E-state index in [2.05, 4.69) is 74.2 Å². The fourth-order valence-corrected chi connectivity index (χ4v) is 4.19. The predicted octanol–water partition coefficient (Wildman–Crippen LogP) is 4.83. The summed E-state index contributed by atoms with van der Waals surface area (Å²) in [5.74, 6) is 1.89. The number of nitrogens with zero attached hydrogens (tertiary/aromatic N) is 4. The van der Waals surface area contributed by atoms with Gasteiger partial charge in [-0.05, 0) is 30.2 Å². The molecule has 0 saturated carbocycles. The second-order valence-electron chi connectivity index (χ2n) is 6.90. The molecule has 0 fully saturated rings. The van der Waals surface area contributed by atoms with Crippen LogP contribution in [-0.4, -0.2) is 19.5 Å². The molecule has 5 rings (SSSR count). The molecular formula is C22H19N5S. The van der Waals surface area contributed by atoms with Gasteiger partial charge in [0.2, 0.25) is 0 Å². The zero-order chi connectivity index (χ0) is 18.9. The van der Waals surface area contributed by atoms with Gasteiger partial charge < -0.3 is 9.88 Å². The second-order valence-corrected chi connectivity index (χ2v) is 7.93. The smallest absolute Gasteiger partial charge is 0.163 e. The summed E-state index contributed by atoms with van der Waals surface area (Å²) in [4.78, 5) is 14.5. The fourth-order valence-electron chi connectivity index (χ4n) is 3.32. The van der Waals surface area contributed by atoms with Crippen molar-refractivity contribution in [3.8, 4) is 0 Å². The highest BCUT2D eigenvalue weighted by atomic mass is 32.2. The van der Waals surface area contributed by atoms with E-state index in [9.17, 15) is 0 Å². The molecule has 0 aliphatic carbocycles. The van der Waals surface area contributed by atoms with Crippen LogP contribution in [0.25, 0.3) is 0 Å². The van der Waals surface area contributed by atoms with Gasteiger partial charge in [-0.3, -0.25) is 0 Å². The molecular weight excluding hydrogens is 366 g/mol. The normalized spacial score (nSPS) is 12.2. The molecule has 0 atom stereocenters. The summed E-state index contributed by atoms with van der Waals surface area (Å²) in [6, 6.07) is 15.2. The van der Waals surface area contributed by atoms with Crippen molar-refractivity contribution < 1.29 is 0 Å². The zero-order valence-corrected chi connectivity index (χ0v) is 16.3. The van der Waals surface area contributed by atoms with Gasteiger partial charge in [0.25, 0.3) is 0 Å². The standard InChI is InChI=1S/C22H19N5S/c1-15-2-4-16(5-3-15)13-20-23-10-11-27(20)14-17-6-7-19-18(12-17)26-21-22(28-19)25-9-8-24-21/h2-12H,13-14H2,1H3,(H,24,26). The lowest BCUT2D eigenvalue weighted by molar-refractivity contribution is 0.740. The third-order valence-corrected chi connectivity index (χ3v) is 5.87. The molecule has 0 spiro atoms. The first-order valence-corrected chi connectivity index (χ1v) is 10.0. The highest BCUT2D eigenvalue weighted by Gasteiger charge is 2.18. The Morgan fingerprint density at radius 1 is 0.929 bits per heavy atom. The van der Waals surface area contributed by atoms with Crippen molar-refractivity contribution in [2.75, 3.05) is 5.32 Å². The molecule has 2 aromatic carbocycles. The number of benzene rings is 2. The van der Waals surface area contributed by atoms with Crippen LogP contribution >= 0.6 is 11.8 Å². The molecule has 0 radical (unpaired) electrons. The lowest BCUT2D eigenvalue weighted by atomic mass is 10.1. The van der Waals surface area contributed by atoms with Crippen LogP contribution in [0, 0.1) is 6.92 Å².